The van der Waals surface area contributed by atoms with Gasteiger partial charge in [-0.1, -0.05) is 66.5 Å². The third kappa shape index (κ3) is 2.90. The minimum Gasteiger partial charge on any atom is -0.0679 e. The Kier molecular flexibility index (Phi) is 4.86. The fraction of sp³-hybridized carbons (Fsp3) is 0.875. The van der Waals surface area contributed by atoms with Crippen LogP contribution in [0.3, 0.4) is 0 Å². The summed E-state index contributed by atoms with van der Waals surface area (Å²) in [5.74, 6) is 1.37. The Hall–Kier alpha value is -0.260. The van der Waals surface area contributed by atoms with Crippen molar-refractivity contribution in [1.29, 1.82) is 0 Å². The smallest absolute Gasteiger partial charge is 0.0122 e. The van der Waals surface area contributed by atoms with Gasteiger partial charge in [-0.25, -0.2) is 0 Å². The van der Waals surface area contributed by atoms with Gasteiger partial charge in [0.2, 0.25) is 0 Å². The van der Waals surface area contributed by atoms with Crippen molar-refractivity contribution in [2.75, 3.05) is 0 Å². The molecule has 0 spiro atoms. The standard InChI is InChI=1S/C16H32/c1-11(2)15(7,8)13(5)14(6)16(9,10)12(3)4/h11-12H,1-10H3/b14-13-. The molecular weight excluding hydrogens is 192 g/mol. The van der Waals surface area contributed by atoms with Gasteiger partial charge >= 0.3 is 0 Å². The molecular formula is C16H32. The van der Waals surface area contributed by atoms with Gasteiger partial charge in [-0.3, -0.25) is 0 Å². The van der Waals surface area contributed by atoms with Gasteiger partial charge in [-0.15, -0.1) is 0 Å². The predicted octanol–water partition coefficient (Wildman–Crippen LogP) is 5.69. The Labute approximate surface area is 104 Å². The average molecular weight is 224 g/mol. The zero-order chi connectivity index (χ0) is 13.3. The van der Waals surface area contributed by atoms with Crippen LogP contribution in [0.1, 0.15) is 69.2 Å². The van der Waals surface area contributed by atoms with E-state index in [4.69, 9.17) is 0 Å². The molecule has 0 aromatic rings. The van der Waals surface area contributed by atoms with Gasteiger partial charge < -0.3 is 0 Å². The second kappa shape index (κ2) is 4.94. The number of allylic oxidation sites excluding steroid dienone is 2. The maximum absolute atomic E-state index is 2.37. The van der Waals surface area contributed by atoms with Crippen LogP contribution < -0.4 is 0 Å². The molecule has 96 valence electrons. The summed E-state index contributed by atoms with van der Waals surface area (Å²) in [5, 5.41) is 0. The summed E-state index contributed by atoms with van der Waals surface area (Å²) in [5.41, 5.74) is 3.74. The molecule has 0 fully saturated rings. The molecule has 0 radical (unpaired) electrons. The summed E-state index contributed by atoms with van der Waals surface area (Å²) in [6, 6.07) is 0. The lowest BCUT2D eigenvalue weighted by Gasteiger charge is -2.39. The van der Waals surface area contributed by atoms with Gasteiger partial charge in [0.05, 0.1) is 0 Å². The number of hydrogen-bond acceptors (Lipinski definition) is 0. The third-order valence-corrected chi connectivity index (χ3v) is 5.38. The molecule has 0 aromatic carbocycles. The summed E-state index contributed by atoms with van der Waals surface area (Å²) < 4.78 is 0. The molecule has 0 nitrogen and oxygen atoms in total. The van der Waals surface area contributed by atoms with E-state index in [0.29, 0.717) is 22.7 Å². The summed E-state index contributed by atoms with van der Waals surface area (Å²) >= 11 is 0. The first-order valence-corrected chi connectivity index (χ1v) is 6.64. The van der Waals surface area contributed by atoms with Gasteiger partial charge in [0.15, 0.2) is 0 Å². The molecule has 16 heavy (non-hydrogen) atoms. The average Bonchev–Trinajstić information content (AvgIpc) is 2.14. The quantitative estimate of drug-likeness (QED) is 0.538. The largest absolute Gasteiger partial charge is 0.0679 e. The third-order valence-electron chi connectivity index (χ3n) is 5.38. The molecule has 0 aliphatic heterocycles. The Morgan fingerprint density at radius 1 is 0.625 bits per heavy atom. The highest BCUT2D eigenvalue weighted by Crippen LogP contribution is 2.43. The lowest BCUT2D eigenvalue weighted by molar-refractivity contribution is 0.271. The van der Waals surface area contributed by atoms with Crippen LogP contribution in [0.2, 0.25) is 0 Å². The maximum atomic E-state index is 2.37. The molecule has 0 aromatic heterocycles. The number of hydrogen-bond donors (Lipinski definition) is 0. The highest BCUT2D eigenvalue weighted by Gasteiger charge is 2.32. The van der Waals surface area contributed by atoms with Gasteiger partial charge in [-0.2, -0.15) is 0 Å². The van der Waals surface area contributed by atoms with E-state index in [9.17, 15) is 0 Å². The van der Waals surface area contributed by atoms with Crippen LogP contribution in [0.15, 0.2) is 11.1 Å². The first-order chi connectivity index (χ1) is 6.95. The van der Waals surface area contributed by atoms with Gasteiger partial charge in [0.25, 0.3) is 0 Å². The Balaban J connectivity index is 5.43. The fourth-order valence-electron chi connectivity index (χ4n) is 1.83. The van der Waals surface area contributed by atoms with E-state index in [-0.39, 0.29) is 0 Å². The fourth-order valence-corrected chi connectivity index (χ4v) is 1.83. The molecule has 0 N–H and O–H groups in total. The van der Waals surface area contributed by atoms with E-state index in [1.807, 2.05) is 0 Å². The molecule has 0 atom stereocenters. The van der Waals surface area contributed by atoms with Crippen LogP contribution in [0, 0.1) is 22.7 Å². The van der Waals surface area contributed by atoms with Crippen molar-refractivity contribution in [2.45, 2.75) is 69.2 Å². The van der Waals surface area contributed by atoms with Crippen molar-refractivity contribution in [3.8, 4) is 0 Å². The van der Waals surface area contributed by atoms with E-state index < -0.39 is 0 Å². The van der Waals surface area contributed by atoms with Crippen molar-refractivity contribution in [3.63, 3.8) is 0 Å². The Morgan fingerprint density at radius 2 is 0.812 bits per heavy atom. The van der Waals surface area contributed by atoms with E-state index in [2.05, 4.69) is 69.2 Å². The molecule has 0 amide bonds. The van der Waals surface area contributed by atoms with Crippen LogP contribution in [0.4, 0.5) is 0 Å². The van der Waals surface area contributed by atoms with Gasteiger partial charge in [0.1, 0.15) is 0 Å². The van der Waals surface area contributed by atoms with E-state index in [1.54, 1.807) is 11.1 Å². The second-order valence-corrected chi connectivity index (χ2v) is 7.00. The Bertz CT molecular complexity index is 234. The molecule has 0 saturated heterocycles. The first-order valence-electron chi connectivity index (χ1n) is 6.64. The van der Waals surface area contributed by atoms with E-state index in [1.165, 1.54) is 0 Å². The van der Waals surface area contributed by atoms with Crippen LogP contribution >= 0.6 is 0 Å². The normalized spacial score (nSPS) is 15.8. The summed E-state index contributed by atoms with van der Waals surface area (Å²) in [6.45, 7) is 23.4. The topological polar surface area (TPSA) is 0 Å². The Morgan fingerprint density at radius 3 is 0.938 bits per heavy atom. The number of rotatable bonds is 4. The minimum atomic E-state index is 0.302. The molecule has 0 heteroatoms. The molecule has 0 unspecified atom stereocenters. The van der Waals surface area contributed by atoms with Crippen LogP contribution in [-0.4, -0.2) is 0 Å². The summed E-state index contributed by atoms with van der Waals surface area (Å²) in [6.07, 6.45) is 0. The molecule has 0 rings (SSSR count). The summed E-state index contributed by atoms with van der Waals surface area (Å²) in [7, 11) is 0. The lowest BCUT2D eigenvalue weighted by atomic mass is 9.67. The van der Waals surface area contributed by atoms with Crippen molar-refractivity contribution in [2.24, 2.45) is 22.7 Å². The van der Waals surface area contributed by atoms with Crippen molar-refractivity contribution >= 4 is 0 Å². The highest BCUT2D eigenvalue weighted by molar-refractivity contribution is 5.23. The van der Waals surface area contributed by atoms with Crippen molar-refractivity contribution < 1.29 is 0 Å². The van der Waals surface area contributed by atoms with Gasteiger partial charge in [-0.05, 0) is 36.5 Å². The van der Waals surface area contributed by atoms with Crippen LogP contribution in [0.5, 0.6) is 0 Å². The second-order valence-electron chi connectivity index (χ2n) is 7.00. The molecule has 0 bridgehead atoms. The maximum Gasteiger partial charge on any atom is -0.0122 e. The molecule has 0 aliphatic rings. The van der Waals surface area contributed by atoms with Crippen molar-refractivity contribution in [3.05, 3.63) is 11.1 Å². The zero-order valence-electron chi connectivity index (χ0n) is 13.2. The van der Waals surface area contributed by atoms with Crippen molar-refractivity contribution in [1.82, 2.24) is 0 Å². The van der Waals surface area contributed by atoms with E-state index in [0.717, 1.165) is 0 Å². The van der Waals surface area contributed by atoms with E-state index >= 15 is 0 Å². The molecule has 0 aliphatic carbocycles. The summed E-state index contributed by atoms with van der Waals surface area (Å²) in [4.78, 5) is 0. The lowest BCUT2D eigenvalue weighted by Crippen LogP contribution is -2.28. The van der Waals surface area contributed by atoms with Gasteiger partial charge in [0, 0.05) is 0 Å². The highest BCUT2D eigenvalue weighted by atomic mass is 14.4. The molecule has 0 saturated carbocycles. The first kappa shape index (κ1) is 15.7. The minimum absolute atomic E-state index is 0.302. The SMILES string of the molecule is C/C(=C(\C)C(C)(C)C(C)C)C(C)(C)C(C)C. The van der Waals surface area contributed by atoms with Crippen LogP contribution in [0.25, 0.3) is 0 Å². The predicted molar refractivity (Wildman–Crippen MR) is 75.6 cm³/mol. The zero-order valence-corrected chi connectivity index (χ0v) is 13.2. The monoisotopic (exact) mass is 224 g/mol. The van der Waals surface area contributed by atoms with Crippen LogP contribution in [-0.2, 0) is 0 Å². The molecule has 0 heterocycles.